The third-order valence-corrected chi connectivity index (χ3v) is 5.92. The molecule has 3 N–H and O–H groups in total. The molecule has 0 aromatic heterocycles. The molecule has 2 atom stereocenters. The minimum Gasteiger partial charge on any atom is -0.393 e. The average Bonchev–Trinajstić information content (AvgIpc) is 2.31. The normalized spacial score (nSPS) is 41.6. The van der Waals surface area contributed by atoms with Crippen LogP contribution in [0.25, 0.3) is 0 Å². The molecule has 4 saturated carbocycles. The first-order valence-electron chi connectivity index (χ1n) is 7.97. The Hall–Kier alpha value is -0.640. The molecule has 4 aliphatic rings. The Morgan fingerprint density at radius 2 is 1.95 bits per heavy atom. The van der Waals surface area contributed by atoms with Gasteiger partial charge in [-0.2, -0.15) is 0 Å². The molecule has 4 heteroatoms. The van der Waals surface area contributed by atoms with Crippen molar-refractivity contribution in [2.24, 2.45) is 28.4 Å². The highest BCUT2D eigenvalue weighted by atomic mass is 32.1. The summed E-state index contributed by atoms with van der Waals surface area (Å²) >= 11 is 4.87. The summed E-state index contributed by atoms with van der Waals surface area (Å²) in [5, 5.41) is 3.16. The zero-order valence-corrected chi connectivity index (χ0v) is 13.2. The molecule has 112 valence electrons. The maximum absolute atomic E-state index is 12.7. The first-order chi connectivity index (χ1) is 9.41. The predicted octanol–water partition coefficient (Wildman–Crippen LogP) is 2.78. The van der Waals surface area contributed by atoms with Gasteiger partial charge in [-0.25, -0.2) is 0 Å². The van der Waals surface area contributed by atoms with E-state index in [-0.39, 0.29) is 5.41 Å². The van der Waals surface area contributed by atoms with Crippen molar-refractivity contribution in [3.05, 3.63) is 0 Å². The van der Waals surface area contributed by atoms with E-state index in [4.69, 9.17) is 18.0 Å². The van der Waals surface area contributed by atoms with Gasteiger partial charge in [-0.3, -0.25) is 4.79 Å². The molecule has 4 aliphatic carbocycles. The first-order valence-corrected chi connectivity index (χ1v) is 8.38. The number of thiocarbonyl (C=S) groups is 1. The highest BCUT2D eigenvalue weighted by Crippen LogP contribution is 2.65. The van der Waals surface area contributed by atoms with E-state index < -0.39 is 0 Å². The highest BCUT2D eigenvalue weighted by molar-refractivity contribution is 7.80. The molecule has 0 spiro atoms. The van der Waals surface area contributed by atoms with Crippen LogP contribution >= 0.6 is 12.2 Å². The van der Waals surface area contributed by atoms with Gasteiger partial charge in [0, 0.05) is 6.54 Å². The van der Waals surface area contributed by atoms with Crippen molar-refractivity contribution in [1.82, 2.24) is 5.32 Å². The van der Waals surface area contributed by atoms with Crippen molar-refractivity contribution < 1.29 is 4.79 Å². The minimum atomic E-state index is -0.0535. The van der Waals surface area contributed by atoms with E-state index in [9.17, 15) is 4.79 Å². The van der Waals surface area contributed by atoms with Gasteiger partial charge in [-0.1, -0.05) is 19.1 Å². The molecule has 0 radical (unpaired) electrons. The number of carbonyl (C=O) groups excluding carboxylic acids is 1. The van der Waals surface area contributed by atoms with Crippen LogP contribution in [0.2, 0.25) is 0 Å². The minimum absolute atomic E-state index is 0.0535. The van der Waals surface area contributed by atoms with Crippen molar-refractivity contribution >= 4 is 23.1 Å². The van der Waals surface area contributed by atoms with Gasteiger partial charge >= 0.3 is 0 Å². The monoisotopic (exact) mass is 294 g/mol. The van der Waals surface area contributed by atoms with Crippen LogP contribution in [0.4, 0.5) is 0 Å². The maximum Gasteiger partial charge on any atom is 0.226 e. The fourth-order valence-electron chi connectivity index (χ4n) is 5.64. The fraction of sp³-hybridized carbons (Fsp3) is 0.875. The number of hydrogen-bond acceptors (Lipinski definition) is 2. The van der Waals surface area contributed by atoms with Gasteiger partial charge in [0.05, 0.1) is 10.4 Å². The standard InChI is InChI=1S/C16H26N2OS/c1-15-6-11-5-12(7-15)9-16(8-11,10-15)14(19)18-4-2-3-13(17)20/h11-12H,2-10H2,1H3,(H2,17,20)(H,18,19). The van der Waals surface area contributed by atoms with E-state index in [0.717, 1.165) is 43.9 Å². The molecular weight excluding hydrogens is 268 g/mol. The topological polar surface area (TPSA) is 55.1 Å². The van der Waals surface area contributed by atoms with E-state index in [1.807, 2.05) is 0 Å². The average molecular weight is 294 g/mol. The summed E-state index contributed by atoms with van der Waals surface area (Å²) in [6.07, 6.45) is 9.01. The third kappa shape index (κ3) is 2.59. The van der Waals surface area contributed by atoms with Crippen molar-refractivity contribution in [2.45, 2.75) is 58.3 Å². The van der Waals surface area contributed by atoms with Crippen LogP contribution in [0, 0.1) is 22.7 Å². The van der Waals surface area contributed by atoms with Gasteiger partial charge in [0.2, 0.25) is 5.91 Å². The van der Waals surface area contributed by atoms with Crippen LogP contribution in [0.5, 0.6) is 0 Å². The molecule has 4 bridgehead atoms. The van der Waals surface area contributed by atoms with Gasteiger partial charge < -0.3 is 11.1 Å². The summed E-state index contributed by atoms with van der Waals surface area (Å²) in [6.45, 7) is 3.11. The molecular formula is C16H26N2OS. The number of nitrogens with two attached hydrogens (primary N) is 1. The van der Waals surface area contributed by atoms with Gasteiger partial charge in [-0.15, -0.1) is 0 Å². The van der Waals surface area contributed by atoms with Crippen LogP contribution in [0.1, 0.15) is 58.3 Å². The Bertz CT molecular complexity index is 420. The molecule has 1 amide bonds. The summed E-state index contributed by atoms with van der Waals surface area (Å²) in [7, 11) is 0. The van der Waals surface area contributed by atoms with Gasteiger partial charge in [0.15, 0.2) is 0 Å². The molecule has 0 saturated heterocycles. The van der Waals surface area contributed by atoms with Crippen molar-refractivity contribution in [1.29, 1.82) is 0 Å². The maximum atomic E-state index is 12.7. The zero-order chi connectivity index (χ0) is 14.4. The van der Waals surface area contributed by atoms with Gasteiger partial charge in [-0.05, 0) is 68.6 Å². The second-order valence-electron chi connectivity index (χ2n) is 7.88. The number of nitrogens with one attached hydrogen (secondary N) is 1. The summed E-state index contributed by atoms with van der Waals surface area (Å²) in [5.74, 6) is 1.90. The smallest absolute Gasteiger partial charge is 0.226 e. The Morgan fingerprint density at radius 3 is 2.50 bits per heavy atom. The molecule has 0 heterocycles. The Kier molecular flexibility index (Phi) is 3.56. The molecule has 3 nitrogen and oxygen atoms in total. The SMILES string of the molecule is CC12CC3CC(C1)CC(C(=O)NCCCC(N)=S)(C3)C2. The molecule has 20 heavy (non-hydrogen) atoms. The van der Waals surface area contributed by atoms with Crippen LogP contribution < -0.4 is 11.1 Å². The summed E-state index contributed by atoms with van der Waals surface area (Å²) in [6, 6.07) is 0. The van der Waals surface area contributed by atoms with Crippen LogP contribution in [0.15, 0.2) is 0 Å². The van der Waals surface area contributed by atoms with Crippen molar-refractivity contribution in [2.75, 3.05) is 6.54 Å². The first kappa shape index (κ1) is 14.3. The Labute approximate surface area is 127 Å². The Morgan fingerprint density at radius 1 is 1.30 bits per heavy atom. The van der Waals surface area contributed by atoms with Crippen LogP contribution in [-0.4, -0.2) is 17.4 Å². The second-order valence-corrected chi connectivity index (χ2v) is 8.40. The van der Waals surface area contributed by atoms with Crippen molar-refractivity contribution in [3.63, 3.8) is 0 Å². The lowest BCUT2D eigenvalue weighted by Crippen LogP contribution is -2.56. The van der Waals surface area contributed by atoms with E-state index in [0.29, 0.717) is 22.9 Å². The Balaban J connectivity index is 1.61. The second kappa shape index (κ2) is 4.97. The van der Waals surface area contributed by atoms with E-state index in [1.165, 1.54) is 19.3 Å². The van der Waals surface area contributed by atoms with Gasteiger partial charge in [0.25, 0.3) is 0 Å². The summed E-state index contributed by atoms with van der Waals surface area (Å²) in [4.78, 5) is 13.3. The number of carbonyl (C=O) groups is 1. The van der Waals surface area contributed by atoms with Crippen molar-refractivity contribution in [3.8, 4) is 0 Å². The fourth-order valence-corrected chi connectivity index (χ4v) is 5.78. The summed E-state index contributed by atoms with van der Waals surface area (Å²) in [5.41, 5.74) is 5.87. The highest BCUT2D eigenvalue weighted by Gasteiger charge is 2.58. The lowest BCUT2D eigenvalue weighted by atomic mass is 9.44. The summed E-state index contributed by atoms with van der Waals surface area (Å²) < 4.78 is 0. The number of rotatable bonds is 5. The van der Waals surface area contributed by atoms with Crippen LogP contribution in [-0.2, 0) is 4.79 Å². The molecule has 0 aliphatic heterocycles. The van der Waals surface area contributed by atoms with E-state index >= 15 is 0 Å². The number of amides is 1. The molecule has 0 aromatic rings. The van der Waals surface area contributed by atoms with E-state index in [2.05, 4.69) is 12.2 Å². The molecule has 4 rings (SSSR count). The molecule has 4 fully saturated rings. The number of hydrogen-bond donors (Lipinski definition) is 2. The molecule has 2 unspecified atom stereocenters. The molecule has 0 aromatic carbocycles. The van der Waals surface area contributed by atoms with Gasteiger partial charge in [0.1, 0.15) is 0 Å². The quantitative estimate of drug-likeness (QED) is 0.605. The lowest BCUT2D eigenvalue weighted by molar-refractivity contribution is -0.155. The zero-order valence-electron chi connectivity index (χ0n) is 12.4. The predicted molar refractivity (Wildman–Crippen MR) is 84.3 cm³/mol. The van der Waals surface area contributed by atoms with E-state index in [1.54, 1.807) is 0 Å². The van der Waals surface area contributed by atoms with Crippen LogP contribution in [0.3, 0.4) is 0 Å². The largest absolute Gasteiger partial charge is 0.393 e. The third-order valence-electron chi connectivity index (χ3n) is 5.72. The lowest BCUT2D eigenvalue weighted by Gasteiger charge is -2.60.